The first-order valence-electron chi connectivity index (χ1n) is 8.93. The predicted octanol–water partition coefficient (Wildman–Crippen LogP) is 2.79. The Balaban J connectivity index is 1.66. The summed E-state index contributed by atoms with van der Waals surface area (Å²) in [6.07, 6.45) is 7.05. The van der Waals surface area contributed by atoms with Crippen LogP contribution in [0.1, 0.15) is 52.4 Å². The molecule has 128 valence electrons. The van der Waals surface area contributed by atoms with E-state index in [-0.39, 0.29) is 12.1 Å². The van der Waals surface area contributed by atoms with E-state index >= 15 is 0 Å². The van der Waals surface area contributed by atoms with E-state index in [0.29, 0.717) is 12.0 Å². The van der Waals surface area contributed by atoms with Crippen LogP contribution in [0.4, 0.5) is 4.79 Å². The van der Waals surface area contributed by atoms with Crippen LogP contribution < -0.4 is 5.32 Å². The van der Waals surface area contributed by atoms with Crippen molar-refractivity contribution in [3.8, 4) is 0 Å². The number of nitrogens with zero attached hydrogens (tertiary/aromatic N) is 1. The lowest BCUT2D eigenvalue weighted by molar-refractivity contribution is 0.0747. The van der Waals surface area contributed by atoms with Crippen molar-refractivity contribution in [3.05, 3.63) is 0 Å². The Morgan fingerprint density at radius 3 is 3.00 bits per heavy atom. The lowest BCUT2D eigenvalue weighted by Gasteiger charge is -2.33. The first-order chi connectivity index (χ1) is 10.7. The van der Waals surface area contributed by atoms with E-state index in [1.165, 1.54) is 19.3 Å². The molecule has 1 N–H and O–H groups in total. The summed E-state index contributed by atoms with van der Waals surface area (Å²) < 4.78 is 11.1. The van der Waals surface area contributed by atoms with Crippen molar-refractivity contribution in [1.82, 2.24) is 10.2 Å². The largest absolute Gasteiger partial charge is 0.381 e. The first-order valence-corrected chi connectivity index (χ1v) is 8.93. The Kier molecular flexibility index (Phi) is 7.46. The molecule has 0 aromatic heterocycles. The molecule has 0 spiro atoms. The van der Waals surface area contributed by atoms with E-state index in [1.807, 2.05) is 11.8 Å². The van der Waals surface area contributed by atoms with Crippen LogP contribution in [0.3, 0.4) is 0 Å². The number of urea groups is 1. The number of ether oxygens (including phenoxy) is 2. The van der Waals surface area contributed by atoms with Crippen molar-refractivity contribution >= 4 is 6.03 Å². The molecule has 0 aliphatic carbocycles. The van der Waals surface area contributed by atoms with Gasteiger partial charge >= 0.3 is 6.03 Å². The van der Waals surface area contributed by atoms with Gasteiger partial charge in [0.25, 0.3) is 0 Å². The number of hydrogen-bond donors (Lipinski definition) is 1. The molecule has 2 heterocycles. The van der Waals surface area contributed by atoms with Crippen molar-refractivity contribution in [2.75, 3.05) is 32.9 Å². The van der Waals surface area contributed by atoms with Gasteiger partial charge in [0.15, 0.2) is 0 Å². The summed E-state index contributed by atoms with van der Waals surface area (Å²) in [5.41, 5.74) is 0. The number of carbonyl (C=O) groups is 1. The fourth-order valence-corrected chi connectivity index (χ4v) is 3.35. The molecule has 2 amide bonds. The van der Waals surface area contributed by atoms with Gasteiger partial charge in [-0.05, 0) is 52.4 Å². The van der Waals surface area contributed by atoms with Crippen LogP contribution in [0.15, 0.2) is 0 Å². The lowest BCUT2D eigenvalue weighted by atomic mass is 9.99. The molecule has 0 radical (unpaired) electrons. The van der Waals surface area contributed by atoms with Crippen molar-refractivity contribution < 1.29 is 14.3 Å². The minimum atomic E-state index is 0.0843. The highest BCUT2D eigenvalue weighted by Gasteiger charge is 2.25. The van der Waals surface area contributed by atoms with E-state index in [0.717, 1.165) is 52.2 Å². The Morgan fingerprint density at radius 1 is 1.41 bits per heavy atom. The number of rotatable bonds is 7. The molecule has 2 aliphatic rings. The summed E-state index contributed by atoms with van der Waals surface area (Å²) in [5.74, 6) is 0.488. The van der Waals surface area contributed by atoms with Gasteiger partial charge in [-0.2, -0.15) is 0 Å². The van der Waals surface area contributed by atoms with Gasteiger partial charge in [0.2, 0.25) is 0 Å². The third-order valence-electron chi connectivity index (χ3n) is 4.68. The SMILES string of the molecule is CCOC[C@@H]1CCCN(C(=O)N[C@H](C)CC[C@H]2CCCO2)C1. The van der Waals surface area contributed by atoms with E-state index < -0.39 is 0 Å². The first kappa shape index (κ1) is 17.5. The van der Waals surface area contributed by atoms with Crippen LogP contribution >= 0.6 is 0 Å². The van der Waals surface area contributed by atoms with Crippen LogP contribution in [-0.4, -0.2) is 56.0 Å². The molecule has 0 bridgehead atoms. The predicted molar refractivity (Wildman–Crippen MR) is 87.0 cm³/mol. The molecule has 0 unspecified atom stereocenters. The summed E-state index contributed by atoms with van der Waals surface area (Å²) in [6, 6.07) is 0.296. The Hall–Kier alpha value is -0.810. The van der Waals surface area contributed by atoms with Gasteiger partial charge in [-0.1, -0.05) is 0 Å². The Morgan fingerprint density at radius 2 is 2.27 bits per heavy atom. The minimum Gasteiger partial charge on any atom is -0.381 e. The Labute approximate surface area is 134 Å². The quantitative estimate of drug-likeness (QED) is 0.786. The zero-order valence-electron chi connectivity index (χ0n) is 14.2. The number of amides is 2. The third kappa shape index (κ3) is 5.76. The minimum absolute atomic E-state index is 0.0843. The highest BCUT2D eigenvalue weighted by molar-refractivity contribution is 5.74. The maximum Gasteiger partial charge on any atom is 0.317 e. The van der Waals surface area contributed by atoms with Crippen LogP contribution in [0.25, 0.3) is 0 Å². The highest BCUT2D eigenvalue weighted by Crippen LogP contribution is 2.19. The van der Waals surface area contributed by atoms with E-state index in [2.05, 4.69) is 12.2 Å². The van der Waals surface area contributed by atoms with Gasteiger partial charge in [0.05, 0.1) is 12.7 Å². The highest BCUT2D eigenvalue weighted by atomic mass is 16.5. The van der Waals surface area contributed by atoms with E-state index in [9.17, 15) is 4.79 Å². The summed E-state index contributed by atoms with van der Waals surface area (Å²) in [6.45, 7) is 8.23. The van der Waals surface area contributed by atoms with Gasteiger partial charge in [-0.3, -0.25) is 0 Å². The molecule has 3 atom stereocenters. The van der Waals surface area contributed by atoms with Crippen molar-refractivity contribution in [3.63, 3.8) is 0 Å². The van der Waals surface area contributed by atoms with Crippen molar-refractivity contribution in [2.45, 2.75) is 64.5 Å². The molecule has 0 saturated carbocycles. The normalized spacial score (nSPS) is 26.9. The molecule has 0 aromatic rings. The second-order valence-corrected chi connectivity index (χ2v) is 6.68. The second-order valence-electron chi connectivity index (χ2n) is 6.68. The maximum atomic E-state index is 12.4. The van der Waals surface area contributed by atoms with Crippen molar-refractivity contribution in [1.29, 1.82) is 0 Å². The molecule has 5 nitrogen and oxygen atoms in total. The fourth-order valence-electron chi connectivity index (χ4n) is 3.35. The molecule has 2 aliphatic heterocycles. The van der Waals surface area contributed by atoms with Crippen LogP contribution in [0.5, 0.6) is 0 Å². The van der Waals surface area contributed by atoms with Gasteiger partial charge < -0.3 is 19.7 Å². The molecule has 2 rings (SSSR count). The fraction of sp³-hybridized carbons (Fsp3) is 0.941. The summed E-state index contributed by atoms with van der Waals surface area (Å²) in [4.78, 5) is 14.3. The second kappa shape index (κ2) is 9.36. The molecular weight excluding hydrogens is 280 g/mol. The van der Waals surface area contributed by atoms with Crippen LogP contribution in [0, 0.1) is 5.92 Å². The molecular formula is C17H32N2O3. The van der Waals surface area contributed by atoms with Gasteiger partial charge in [-0.15, -0.1) is 0 Å². The summed E-state index contributed by atoms with van der Waals surface area (Å²) in [7, 11) is 0. The summed E-state index contributed by atoms with van der Waals surface area (Å²) >= 11 is 0. The summed E-state index contributed by atoms with van der Waals surface area (Å²) in [5, 5.41) is 3.14. The zero-order chi connectivity index (χ0) is 15.8. The number of carbonyl (C=O) groups excluding carboxylic acids is 1. The number of nitrogens with one attached hydrogen (secondary N) is 1. The van der Waals surface area contributed by atoms with Crippen LogP contribution in [-0.2, 0) is 9.47 Å². The molecule has 22 heavy (non-hydrogen) atoms. The average Bonchev–Trinajstić information content (AvgIpc) is 3.04. The van der Waals surface area contributed by atoms with E-state index in [4.69, 9.17) is 9.47 Å². The number of hydrogen-bond acceptors (Lipinski definition) is 3. The van der Waals surface area contributed by atoms with Gasteiger partial charge in [0, 0.05) is 38.3 Å². The average molecular weight is 312 g/mol. The zero-order valence-corrected chi connectivity index (χ0v) is 14.2. The Bertz CT molecular complexity index is 332. The lowest BCUT2D eigenvalue weighted by Crippen LogP contribution is -2.48. The topological polar surface area (TPSA) is 50.8 Å². The molecule has 0 aromatic carbocycles. The smallest absolute Gasteiger partial charge is 0.317 e. The van der Waals surface area contributed by atoms with E-state index in [1.54, 1.807) is 0 Å². The molecule has 2 saturated heterocycles. The standard InChI is InChI=1S/C17H32N2O3/c1-3-21-13-15-6-4-10-19(12-15)17(20)18-14(2)8-9-16-7-5-11-22-16/h14-16H,3-13H2,1-2H3,(H,18,20)/t14-,15-,16-/m1/s1. The molecule has 5 heteroatoms. The van der Waals surface area contributed by atoms with Crippen molar-refractivity contribution in [2.24, 2.45) is 5.92 Å². The number of likely N-dealkylation sites (tertiary alicyclic amines) is 1. The van der Waals surface area contributed by atoms with Gasteiger partial charge in [-0.25, -0.2) is 4.79 Å². The maximum absolute atomic E-state index is 12.4. The van der Waals surface area contributed by atoms with Gasteiger partial charge in [0.1, 0.15) is 0 Å². The monoisotopic (exact) mass is 312 g/mol. The molecule has 2 fully saturated rings. The number of piperidine rings is 1. The van der Waals surface area contributed by atoms with Crippen LogP contribution in [0.2, 0.25) is 0 Å². The third-order valence-corrected chi connectivity index (χ3v) is 4.68.